The molecule has 0 bridgehead atoms. The van der Waals surface area contributed by atoms with Gasteiger partial charge in [0.25, 0.3) is 0 Å². The number of rotatable bonds is 9. The SMILES string of the molecule is CN=C(NCCCCCCCN(C)C)NC1CC1C. The minimum Gasteiger partial charge on any atom is -0.356 e. The normalized spacial score (nSPS) is 22.7. The molecule has 2 N–H and O–H groups in total. The predicted molar refractivity (Wildman–Crippen MR) is 83.7 cm³/mol. The third-order valence-electron chi connectivity index (χ3n) is 3.73. The largest absolute Gasteiger partial charge is 0.356 e. The average Bonchev–Trinajstić information content (AvgIpc) is 3.06. The number of hydrogen-bond acceptors (Lipinski definition) is 2. The number of nitrogens with one attached hydrogen (secondary N) is 2. The first-order chi connectivity index (χ1) is 9.13. The molecule has 4 nitrogen and oxygen atoms in total. The third-order valence-corrected chi connectivity index (χ3v) is 3.73. The van der Waals surface area contributed by atoms with Gasteiger partial charge in [-0.1, -0.05) is 26.2 Å². The number of hydrogen-bond donors (Lipinski definition) is 2. The summed E-state index contributed by atoms with van der Waals surface area (Å²) in [5.74, 6) is 1.79. The number of unbranched alkanes of at least 4 members (excludes halogenated alkanes) is 4. The second kappa shape index (κ2) is 9.18. The fourth-order valence-corrected chi connectivity index (χ4v) is 2.18. The lowest BCUT2D eigenvalue weighted by atomic mass is 10.1. The van der Waals surface area contributed by atoms with Crippen molar-refractivity contribution in [2.75, 3.05) is 34.2 Å². The Kier molecular flexibility index (Phi) is 7.87. The van der Waals surface area contributed by atoms with Gasteiger partial charge in [-0.05, 0) is 45.8 Å². The number of aliphatic imine (C=N–C) groups is 1. The van der Waals surface area contributed by atoms with Crippen LogP contribution in [0.4, 0.5) is 0 Å². The van der Waals surface area contributed by atoms with E-state index < -0.39 is 0 Å². The summed E-state index contributed by atoms with van der Waals surface area (Å²) in [5.41, 5.74) is 0. The van der Waals surface area contributed by atoms with Gasteiger partial charge in [0.2, 0.25) is 0 Å². The Morgan fingerprint density at radius 2 is 1.79 bits per heavy atom. The van der Waals surface area contributed by atoms with Gasteiger partial charge in [-0.2, -0.15) is 0 Å². The summed E-state index contributed by atoms with van der Waals surface area (Å²) in [6, 6.07) is 0.650. The molecule has 0 radical (unpaired) electrons. The molecule has 2 atom stereocenters. The van der Waals surface area contributed by atoms with E-state index in [0.717, 1.165) is 18.4 Å². The molecule has 1 fully saturated rings. The maximum absolute atomic E-state index is 4.26. The van der Waals surface area contributed by atoms with E-state index >= 15 is 0 Å². The highest BCUT2D eigenvalue weighted by atomic mass is 15.2. The summed E-state index contributed by atoms with van der Waals surface area (Å²) in [5, 5.41) is 6.85. The summed E-state index contributed by atoms with van der Waals surface area (Å²) in [6.45, 7) is 4.53. The lowest BCUT2D eigenvalue weighted by Crippen LogP contribution is -2.39. The van der Waals surface area contributed by atoms with Crippen molar-refractivity contribution in [3.05, 3.63) is 0 Å². The minimum atomic E-state index is 0.650. The Morgan fingerprint density at radius 1 is 1.16 bits per heavy atom. The maximum atomic E-state index is 4.26. The molecule has 0 spiro atoms. The van der Waals surface area contributed by atoms with Crippen molar-refractivity contribution in [1.29, 1.82) is 0 Å². The molecule has 0 amide bonds. The van der Waals surface area contributed by atoms with E-state index in [1.807, 2.05) is 7.05 Å². The molecule has 0 aliphatic heterocycles. The lowest BCUT2D eigenvalue weighted by Gasteiger charge is -2.11. The molecular formula is C15H32N4. The Balaban J connectivity index is 1.89. The van der Waals surface area contributed by atoms with Gasteiger partial charge in [0.1, 0.15) is 0 Å². The fraction of sp³-hybridized carbons (Fsp3) is 0.933. The highest BCUT2D eigenvalue weighted by Gasteiger charge is 2.32. The Morgan fingerprint density at radius 3 is 2.37 bits per heavy atom. The Bertz CT molecular complexity index is 263. The zero-order valence-corrected chi connectivity index (χ0v) is 13.2. The molecule has 19 heavy (non-hydrogen) atoms. The zero-order chi connectivity index (χ0) is 14.1. The van der Waals surface area contributed by atoms with Crippen LogP contribution in [0.15, 0.2) is 4.99 Å². The van der Waals surface area contributed by atoms with Gasteiger partial charge in [0.05, 0.1) is 0 Å². The van der Waals surface area contributed by atoms with Crippen LogP contribution in [0.1, 0.15) is 45.4 Å². The van der Waals surface area contributed by atoms with Crippen LogP contribution in [0, 0.1) is 5.92 Å². The van der Waals surface area contributed by atoms with Crippen LogP contribution in [0.25, 0.3) is 0 Å². The van der Waals surface area contributed by atoms with E-state index in [1.54, 1.807) is 0 Å². The van der Waals surface area contributed by atoms with Gasteiger partial charge < -0.3 is 15.5 Å². The van der Waals surface area contributed by atoms with Crippen molar-refractivity contribution in [1.82, 2.24) is 15.5 Å². The maximum Gasteiger partial charge on any atom is 0.191 e. The summed E-state index contributed by atoms with van der Waals surface area (Å²) in [4.78, 5) is 6.52. The van der Waals surface area contributed by atoms with Crippen molar-refractivity contribution in [3.8, 4) is 0 Å². The van der Waals surface area contributed by atoms with Crippen LogP contribution in [0.5, 0.6) is 0 Å². The summed E-state index contributed by atoms with van der Waals surface area (Å²) in [7, 11) is 6.14. The number of nitrogens with zero attached hydrogens (tertiary/aromatic N) is 2. The van der Waals surface area contributed by atoms with Crippen molar-refractivity contribution in [2.24, 2.45) is 10.9 Å². The first kappa shape index (κ1) is 16.3. The molecule has 0 aromatic carbocycles. The van der Waals surface area contributed by atoms with E-state index in [2.05, 4.69) is 41.5 Å². The summed E-state index contributed by atoms with van der Waals surface area (Å²) >= 11 is 0. The molecule has 0 aromatic rings. The average molecular weight is 268 g/mol. The fourth-order valence-electron chi connectivity index (χ4n) is 2.18. The van der Waals surface area contributed by atoms with Crippen molar-refractivity contribution in [3.63, 3.8) is 0 Å². The molecule has 2 unspecified atom stereocenters. The predicted octanol–water partition coefficient (Wildman–Crippen LogP) is 2.07. The third kappa shape index (κ3) is 8.09. The van der Waals surface area contributed by atoms with Crippen LogP contribution in [-0.4, -0.2) is 51.1 Å². The molecule has 0 aromatic heterocycles. The van der Waals surface area contributed by atoms with Crippen LogP contribution in [0.3, 0.4) is 0 Å². The van der Waals surface area contributed by atoms with E-state index in [4.69, 9.17) is 0 Å². The van der Waals surface area contributed by atoms with E-state index in [0.29, 0.717) is 6.04 Å². The van der Waals surface area contributed by atoms with Crippen LogP contribution >= 0.6 is 0 Å². The van der Waals surface area contributed by atoms with E-state index in [1.165, 1.54) is 45.1 Å². The topological polar surface area (TPSA) is 39.7 Å². The molecule has 0 heterocycles. The van der Waals surface area contributed by atoms with Crippen LogP contribution < -0.4 is 10.6 Å². The molecule has 1 rings (SSSR count). The monoisotopic (exact) mass is 268 g/mol. The molecule has 1 aliphatic rings. The highest BCUT2D eigenvalue weighted by Crippen LogP contribution is 2.28. The molecule has 1 aliphatic carbocycles. The van der Waals surface area contributed by atoms with Crippen molar-refractivity contribution < 1.29 is 0 Å². The molecule has 4 heteroatoms. The first-order valence-electron chi connectivity index (χ1n) is 7.75. The minimum absolute atomic E-state index is 0.650. The van der Waals surface area contributed by atoms with Gasteiger partial charge in [0.15, 0.2) is 5.96 Å². The Labute approximate surface area is 119 Å². The zero-order valence-electron chi connectivity index (χ0n) is 13.2. The summed E-state index contributed by atoms with van der Waals surface area (Å²) < 4.78 is 0. The molecule has 112 valence electrons. The van der Waals surface area contributed by atoms with Gasteiger partial charge in [0, 0.05) is 19.6 Å². The lowest BCUT2D eigenvalue weighted by molar-refractivity contribution is 0.389. The number of guanidine groups is 1. The van der Waals surface area contributed by atoms with Gasteiger partial charge in [-0.3, -0.25) is 4.99 Å². The van der Waals surface area contributed by atoms with Crippen LogP contribution in [-0.2, 0) is 0 Å². The standard InChI is InChI=1S/C15H32N4/c1-13-12-14(13)18-15(16-2)17-10-8-6-5-7-9-11-19(3)4/h13-14H,5-12H2,1-4H3,(H2,16,17,18). The van der Waals surface area contributed by atoms with Crippen molar-refractivity contribution >= 4 is 5.96 Å². The highest BCUT2D eigenvalue weighted by molar-refractivity contribution is 5.80. The quantitative estimate of drug-likeness (QED) is 0.382. The van der Waals surface area contributed by atoms with Gasteiger partial charge >= 0.3 is 0 Å². The van der Waals surface area contributed by atoms with Gasteiger partial charge in [-0.15, -0.1) is 0 Å². The van der Waals surface area contributed by atoms with Gasteiger partial charge in [-0.25, -0.2) is 0 Å². The Hall–Kier alpha value is -0.770. The van der Waals surface area contributed by atoms with Crippen LogP contribution in [0.2, 0.25) is 0 Å². The summed E-state index contributed by atoms with van der Waals surface area (Å²) in [6.07, 6.45) is 7.86. The van der Waals surface area contributed by atoms with Crippen molar-refractivity contribution in [2.45, 2.75) is 51.5 Å². The molecule has 1 saturated carbocycles. The van der Waals surface area contributed by atoms with E-state index in [-0.39, 0.29) is 0 Å². The second-order valence-electron chi connectivity index (χ2n) is 6.03. The molecular weight excluding hydrogens is 236 g/mol. The van der Waals surface area contributed by atoms with E-state index in [9.17, 15) is 0 Å². The molecule has 0 saturated heterocycles. The second-order valence-corrected chi connectivity index (χ2v) is 6.03. The first-order valence-corrected chi connectivity index (χ1v) is 7.75. The smallest absolute Gasteiger partial charge is 0.191 e.